The molecule has 0 amide bonds. The molecule has 1 aliphatic heterocycles. The highest BCUT2D eigenvalue weighted by atomic mass is 32.2. The summed E-state index contributed by atoms with van der Waals surface area (Å²) in [5, 5.41) is 9.10. The molecule has 26 heavy (non-hydrogen) atoms. The van der Waals surface area contributed by atoms with Crippen molar-refractivity contribution in [2.45, 2.75) is 31.3 Å². The highest BCUT2D eigenvalue weighted by Crippen LogP contribution is 2.24. The van der Waals surface area contributed by atoms with Crippen molar-refractivity contribution >= 4 is 16.0 Å². The Morgan fingerprint density at radius 1 is 1.35 bits per heavy atom. The van der Waals surface area contributed by atoms with Crippen LogP contribution in [0, 0.1) is 19.8 Å². The number of carboxylic acid groups (broad SMARTS) is 1. The lowest BCUT2D eigenvalue weighted by atomic mass is 10.1. The van der Waals surface area contributed by atoms with Gasteiger partial charge >= 0.3 is 12.1 Å². The van der Waals surface area contributed by atoms with E-state index in [-0.39, 0.29) is 36.0 Å². The number of rotatable bonds is 6. The Morgan fingerprint density at radius 2 is 2.00 bits per heavy atom. The molecular weight excluding hydrogens is 373 g/mol. The number of aryl methyl sites for hydroxylation is 1. The summed E-state index contributed by atoms with van der Waals surface area (Å²) >= 11 is 0. The number of nitrogens with zero attached hydrogens (tertiary/aromatic N) is 1. The average molecular weight is 394 g/mol. The molecule has 1 fully saturated rings. The third kappa shape index (κ3) is 5.18. The molecule has 0 spiro atoms. The van der Waals surface area contributed by atoms with Crippen molar-refractivity contribution < 1.29 is 31.5 Å². The van der Waals surface area contributed by atoms with Gasteiger partial charge in [0.1, 0.15) is 0 Å². The summed E-state index contributed by atoms with van der Waals surface area (Å²) < 4.78 is 64.8. The number of carbonyl (C=O) groups is 1. The second-order valence-electron chi connectivity index (χ2n) is 6.58. The van der Waals surface area contributed by atoms with Gasteiger partial charge in [0.2, 0.25) is 10.0 Å². The molecule has 0 bridgehead atoms. The highest BCUT2D eigenvalue weighted by Gasteiger charge is 2.34. The molecule has 1 saturated heterocycles. The Hall–Kier alpha value is -1.65. The van der Waals surface area contributed by atoms with E-state index in [0.717, 1.165) is 6.07 Å². The van der Waals surface area contributed by atoms with E-state index in [9.17, 15) is 26.4 Å². The molecule has 0 unspecified atom stereocenters. The van der Waals surface area contributed by atoms with Gasteiger partial charge in [-0.1, -0.05) is 0 Å². The van der Waals surface area contributed by atoms with Gasteiger partial charge in [-0.05, 0) is 56.0 Å². The van der Waals surface area contributed by atoms with E-state index in [0.29, 0.717) is 17.5 Å². The lowest BCUT2D eigenvalue weighted by Gasteiger charge is -2.18. The number of alkyl halides is 3. The van der Waals surface area contributed by atoms with E-state index >= 15 is 0 Å². The molecule has 10 heteroatoms. The maximum Gasteiger partial charge on any atom is 0.401 e. The monoisotopic (exact) mass is 394 g/mol. The molecular formula is C16H21F3N2O4S. The first-order valence-corrected chi connectivity index (χ1v) is 9.50. The zero-order chi connectivity index (χ0) is 19.7. The molecule has 1 aliphatic rings. The van der Waals surface area contributed by atoms with Gasteiger partial charge in [0.15, 0.2) is 0 Å². The van der Waals surface area contributed by atoms with E-state index in [1.165, 1.54) is 11.0 Å². The number of hydrogen-bond acceptors (Lipinski definition) is 4. The van der Waals surface area contributed by atoms with Crippen molar-refractivity contribution in [3.05, 3.63) is 28.8 Å². The Kier molecular flexibility index (Phi) is 5.99. The maximum atomic E-state index is 12.5. The number of nitrogens with one attached hydrogen (secondary N) is 1. The van der Waals surface area contributed by atoms with Gasteiger partial charge < -0.3 is 5.11 Å². The first-order chi connectivity index (χ1) is 11.9. The van der Waals surface area contributed by atoms with Gasteiger partial charge in [-0.2, -0.15) is 13.2 Å². The summed E-state index contributed by atoms with van der Waals surface area (Å²) in [4.78, 5) is 12.3. The second kappa shape index (κ2) is 7.53. The van der Waals surface area contributed by atoms with Gasteiger partial charge in [0.05, 0.1) is 17.0 Å². The Labute approximate surface area is 150 Å². The molecule has 1 aromatic rings. The van der Waals surface area contributed by atoms with Crippen LogP contribution in [-0.2, 0) is 10.0 Å². The fraction of sp³-hybridized carbons (Fsp3) is 0.562. The summed E-state index contributed by atoms with van der Waals surface area (Å²) in [6.45, 7) is 2.62. The standard InChI is InChI=1S/C16H21F3N2O4S/c1-10-5-13(15(22)23)6-14(11(10)2)26(24,25)20-7-12-3-4-21(8-12)9-16(17,18)19/h5-6,12,20H,3-4,7-9H2,1-2H3,(H,22,23)/t12-/m0/s1. The summed E-state index contributed by atoms with van der Waals surface area (Å²) in [6, 6.07) is 2.49. The van der Waals surface area contributed by atoms with Crippen molar-refractivity contribution in [1.82, 2.24) is 9.62 Å². The van der Waals surface area contributed by atoms with E-state index in [4.69, 9.17) is 5.11 Å². The Balaban J connectivity index is 2.07. The van der Waals surface area contributed by atoms with Gasteiger partial charge in [-0.3, -0.25) is 4.90 Å². The maximum absolute atomic E-state index is 12.5. The van der Waals surface area contributed by atoms with E-state index in [2.05, 4.69) is 4.72 Å². The third-order valence-corrected chi connectivity index (χ3v) is 6.04. The molecule has 0 aliphatic carbocycles. The molecule has 0 aromatic heterocycles. The first-order valence-electron chi connectivity index (χ1n) is 8.02. The van der Waals surface area contributed by atoms with Crippen LogP contribution in [0.1, 0.15) is 27.9 Å². The Bertz CT molecular complexity index is 793. The number of halogens is 3. The lowest BCUT2D eigenvalue weighted by molar-refractivity contribution is -0.143. The quantitative estimate of drug-likeness (QED) is 0.772. The Morgan fingerprint density at radius 3 is 2.58 bits per heavy atom. The van der Waals surface area contributed by atoms with Crippen LogP contribution in [0.15, 0.2) is 17.0 Å². The summed E-state index contributed by atoms with van der Waals surface area (Å²) in [7, 11) is -3.96. The molecule has 1 heterocycles. The lowest BCUT2D eigenvalue weighted by Crippen LogP contribution is -2.35. The zero-order valence-electron chi connectivity index (χ0n) is 14.4. The molecule has 0 saturated carbocycles. The van der Waals surface area contributed by atoms with Crippen LogP contribution in [0.25, 0.3) is 0 Å². The molecule has 6 nitrogen and oxygen atoms in total. The number of sulfonamides is 1. The second-order valence-corrected chi connectivity index (χ2v) is 8.31. The van der Waals surface area contributed by atoms with Crippen LogP contribution in [0.2, 0.25) is 0 Å². The SMILES string of the molecule is Cc1cc(C(=O)O)cc(S(=O)(=O)NC[C@@H]2CCN(CC(F)(F)F)C2)c1C. The number of hydrogen-bond donors (Lipinski definition) is 2. The number of carboxylic acids is 1. The largest absolute Gasteiger partial charge is 0.478 e. The topological polar surface area (TPSA) is 86.7 Å². The fourth-order valence-electron chi connectivity index (χ4n) is 3.01. The van der Waals surface area contributed by atoms with E-state index in [1.54, 1.807) is 13.8 Å². The number of aromatic carboxylic acids is 1. The predicted molar refractivity (Wildman–Crippen MR) is 88.7 cm³/mol. The van der Waals surface area contributed by atoms with Gasteiger partial charge in [-0.25, -0.2) is 17.9 Å². The van der Waals surface area contributed by atoms with Gasteiger partial charge in [-0.15, -0.1) is 0 Å². The number of benzene rings is 1. The van der Waals surface area contributed by atoms with Gasteiger partial charge in [0, 0.05) is 13.1 Å². The summed E-state index contributed by atoms with van der Waals surface area (Å²) in [6.07, 6.45) is -3.81. The summed E-state index contributed by atoms with van der Waals surface area (Å²) in [5.41, 5.74) is 0.834. The average Bonchev–Trinajstić information content (AvgIpc) is 2.93. The third-order valence-electron chi connectivity index (χ3n) is 4.49. The number of likely N-dealkylation sites (tertiary alicyclic amines) is 1. The summed E-state index contributed by atoms with van der Waals surface area (Å²) in [5.74, 6) is -1.46. The van der Waals surface area contributed by atoms with Crippen LogP contribution in [-0.4, -0.2) is 56.7 Å². The van der Waals surface area contributed by atoms with Crippen LogP contribution in [0.4, 0.5) is 13.2 Å². The fourth-order valence-corrected chi connectivity index (χ4v) is 4.47. The van der Waals surface area contributed by atoms with Crippen molar-refractivity contribution in [2.24, 2.45) is 5.92 Å². The van der Waals surface area contributed by atoms with Crippen molar-refractivity contribution in [1.29, 1.82) is 0 Å². The van der Waals surface area contributed by atoms with Crippen LogP contribution < -0.4 is 4.72 Å². The van der Waals surface area contributed by atoms with E-state index in [1.807, 2.05) is 0 Å². The molecule has 146 valence electrons. The molecule has 1 aromatic carbocycles. The zero-order valence-corrected chi connectivity index (χ0v) is 15.2. The van der Waals surface area contributed by atoms with Crippen molar-refractivity contribution in [3.63, 3.8) is 0 Å². The minimum absolute atomic E-state index is 0.00643. The van der Waals surface area contributed by atoms with Crippen molar-refractivity contribution in [2.75, 3.05) is 26.2 Å². The normalized spacial score (nSPS) is 19.0. The minimum atomic E-state index is -4.28. The molecule has 2 N–H and O–H groups in total. The van der Waals surface area contributed by atoms with Crippen LogP contribution >= 0.6 is 0 Å². The molecule has 0 radical (unpaired) electrons. The van der Waals surface area contributed by atoms with Gasteiger partial charge in [0.25, 0.3) is 0 Å². The minimum Gasteiger partial charge on any atom is -0.478 e. The predicted octanol–water partition coefficient (Wildman–Crippen LogP) is 2.16. The molecule has 1 atom stereocenters. The van der Waals surface area contributed by atoms with Crippen molar-refractivity contribution in [3.8, 4) is 0 Å². The van der Waals surface area contributed by atoms with Crippen LogP contribution in [0.5, 0.6) is 0 Å². The van der Waals surface area contributed by atoms with E-state index < -0.39 is 28.7 Å². The highest BCUT2D eigenvalue weighted by molar-refractivity contribution is 7.89. The van der Waals surface area contributed by atoms with Crippen LogP contribution in [0.3, 0.4) is 0 Å². The first kappa shape index (κ1) is 20.7. The smallest absolute Gasteiger partial charge is 0.401 e. The molecule has 2 rings (SSSR count).